The zero-order chi connectivity index (χ0) is 19.2. The van der Waals surface area contributed by atoms with Gasteiger partial charge in [0.15, 0.2) is 0 Å². The quantitative estimate of drug-likeness (QED) is 0.854. The number of carbonyl (C=O) groups excluding carboxylic acids is 2. The molecule has 1 saturated heterocycles. The lowest BCUT2D eigenvalue weighted by Crippen LogP contribution is -2.41. The Hall–Kier alpha value is -1.91. The van der Waals surface area contributed by atoms with Crippen LogP contribution in [0.25, 0.3) is 0 Å². The summed E-state index contributed by atoms with van der Waals surface area (Å²) in [6.45, 7) is 5.44. The Morgan fingerprint density at radius 3 is 2.70 bits per heavy atom. The zero-order valence-corrected chi connectivity index (χ0v) is 16.7. The Morgan fingerprint density at radius 2 is 1.96 bits per heavy atom. The van der Waals surface area contributed by atoms with Gasteiger partial charge in [0, 0.05) is 37.7 Å². The second-order valence-corrected chi connectivity index (χ2v) is 8.45. The van der Waals surface area contributed by atoms with Crippen molar-refractivity contribution in [3.63, 3.8) is 0 Å². The fraction of sp³-hybridized carbons (Fsp3) is 0.682. The van der Waals surface area contributed by atoms with Gasteiger partial charge in [-0.15, -0.1) is 0 Å². The number of nitrogens with zero attached hydrogens (tertiary/aromatic N) is 2. The Bertz CT molecular complexity index is 653. The highest BCUT2D eigenvalue weighted by molar-refractivity contribution is 5.95. The smallest absolute Gasteiger partial charge is 0.253 e. The van der Waals surface area contributed by atoms with Crippen LogP contribution >= 0.6 is 0 Å². The molecule has 1 aromatic heterocycles. The minimum Gasteiger partial charge on any atom is -0.350 e. The summed E-state index contributed by atoms with van der Waals surface area (Å²) in [5.74, 6) is 0.923. The van der Waals surface area contributed by atoms with Crippen LogP contribution in [0.2, 0.25) is 0 Å². The molecule has 0 radical (unpaired) electrons. The molecule has 5 heteroatoms. The number of rotatable bonds is 5. The van der Waals surface area contributed by atoms with Crippen LogP contribution in [-0.4, -0.2) is 40.8 Å². The number of pyridine rings is 1. The van der Waals surface area contributed by atoms with E-state index in [4.69, 9.17) is 0 Å². The summed E-state index contributed by atoms with van der Waals surface area (Å²) < 4.78 is 0. The predicted octanol–water partition coefficient (Wildman–Crippen LogP) is 3.90. The summed E-state index contributed by atoms with van der Waals surface area (Å²) in [6, 6.07) is 3.75. The van der Waals surface area contributed by atoms with Crippen molar-refractivity contribution in [3.8, 4) is 0 Å². The Labute approximate surface area is 162 Å². The second-order valence-electron chi connectivity index (χ2n) is 8.45. The molecule has 2 aliphatic rings. The number of aromatic nitrogens is 1. The lowest BCUT2D eigenvalue weighted by atomic mass is 9.86. The monoisotopic (exact) mass is 371 g/mol. The number of hydrogen-bond acceptors (Lipinski definition) is 3. The van der Waals surface area contributed by atoms with Gasteiger partial charge in [-0.25, -0.2) is 0 Å². The average Bonchev–Trinajstić information content (AvgIpc) is 2.68. The molecule has 1 aromatic rings. The van der Waals surface area contributed by atoms with E-state index in [-0.39, 0.29) is 23.8 Å². The van der Waals surface area contributed by atoms with E-state index in [9.17, 15) is 9.59 Å². The van der Waals surface area contributed by atoms with E-state index >= 15 is 0 Å². The molecular weight excluding hydrogens is 338 g/mol. The lowest BCUT2D eigenvalue weighted by molar-refractivity contribution is -0.133. The van der Waals surface area contributed by atoms with E-state index in [2.05, 4.69) is 10.3 Å². The first kappa shape index (κ1) is 19.8. The standard InChI is InChI=1S/C22H33N3O2/c1-16(2)24-22(27)19-11-6-12-23-21(19)18-10-7-13-25(15-18)20(26)14-17-8-4-3-5-9-17/h6,11-12,16-18H,3-5,7-10,13-15H2,1-2H3,(H,24,27)/t18-/m1/s1. The Morgan fingerprint density at radius 1 is 1.19 bits per heavy atom. The molecule has 1 N–H and O–H groups in total. The van der Waals surface area contributed by atoms with Gasteiger partial charge in [0.2, 0.25) is 5.91 Å². The normalized spacial score (nSPS) is 21.3. The fourth-order valence-electron chi connectivity index (χ4n) is 4.47. The molecule has 0 bridgehead atoms. The van der Waals surface area contributed by atoms with Crippen LogP contribution in [0.15, 0.2) is 18.3 Å². The molecule has 27 heavy (non-hydrogen) atoms. The summed E-state index contributed by atoms with van der Waals surface area (Å²) in [7, 11) is 0. The van der Waals surface area contributed by atoms with E-state index in [1.165, 1.54) is 32.1 Å². The fourth-order valence-corrected chi connectivity index (χ4v) is 4.47. The Kier molecular flexibility index (Phi) is 6.86. The summed E-state index contributed by atoms with van der Waals surface area (Å²) in [4.78, 5) is 32.0. The third-order valence-corrected chi connectivity index (χ3v) is 5.85. The van der Waals surface area contributed by atoms with Crippen LogP contribution in [0.3, 0.4) is 0 Å². The van der Waals surface area contributed by atoms with E-state index in [0.29, 0.717) is 24.4 Å². The summed E-state index contributed by atoms with van der Waals surface area (Å²) in [6.07, 6.45) is 10.6. The molecule has 3 rings (SSSR count). The second kappa shape index (κ2) is 9.34. The van der Waals surface area contributed by atoms with E-state index in [1.54, 1.807) is 6.20 Å². The van der Waals surface area contributed by atoms with Crippen LogP contribution in [0.5, 0.6) is 0 Å². The number of hydrogen-bond donors (Lipinski definition) is 1. The highest BCUT2D eigenvalue weighted by Gasteiger charge is 2.29. The zero-order valence-electron chi connectivity index (χ0n) is 16.7. The maximum absolute atomic E-state index is 12.8. The molecule has 2 fully saturated rings. The Balaban J connectivity index is 1.67. The van der Waals surface area contributed by atoms with Gasteiger partial charge < -0.3 is 10.2 Å². The van der Waals surface area contributed by atoms with Gasteiger partial charge in [-0.2, -0.15) is 0 Å². The third kappa shape index (κ3) is 5.30. The first-order valence-corrected chi connectivity index (χ1v) is 10.6. The van der Waals surface area contributed by atoms with Crippen LogP contribution in [0, 0.1) is 5.92 Å². The van der Waals surface area contributed by atoms with Gasteiger partial charge in [0.25, 0.3) is 5.91 Å². The highest BCUT2D eigenvalue weighted by Crippen LogP contribution is 2.31. The molecule has 148 valence electrons. The molecule has 1 atom stereocenters. The van der Waals surface area contributed by atoms with Crippen LogP contribution in [0.1, 0.15) is 87.2 Å². The van der Waals surface area contributed by atoms with Crippen LogP contribution in [-0.2, 0) is 4.79 Å². The number of piperidine rings is 1. The lowest BCUT2D eigenvalue weighted by Gasteiger charge is -2.34. The summed E-state index contributed by atoms with van der Waals surface area (Å²) in [5.41, 5.74) is 1.49. The molecule has 2 amide bonds. The highest BCUT2D eigenvalue weighted by atomic mass is 16.2. The molecular formula is C22H33N3O2. The maximum Gasteiger partial charge on any atom is 0.253 e. The first-order valence-electron chi connectivity index (χ1n) is 10.6. The molecule has 0 unspecified atom stereocenters. The maximum atomic E-state index is 12.8. The van der Waals surface area contributed by atoms with E-state index < -0.39 is 0 Å². The first-order chi connectivity index (χ1) is 13.0. The van der Waals surface area contributed by atoms with Crippen molar-refractivity contribution in [2.24, 2.45) is 5.92 Å². The van der Waals surface area contributed by atoms with Gasteiger partial charge >= 0.3 is 0 Å². The van der Waals surface area contributed by atoms with Gasteiger partial charge in [0.05, 0.1) is 11.3 Å². The number of amides is 2. The van der Waals surface area contributed by atoms with Crippen molar-refractivity contribution in [2.45, 2.75) is 77.2 Å². The number of carbonyl (C=O) groups is 2. The van der Waals surface area contributed by atoms with Crippen LogP contribution < -0.4 is 5.32 Å². The molecule has 0 spiro atoms. The van der Waals surface area contributed by atoms with E-state index in [0.717, 1.165) is 25.1 Å². The largest absolute Gasteiger partial charge is 0.350 e. The topological polar surface area (TPSA) is 62.3 Å². The SMILES string of the molecule is CC(C)NC(=O)c1cccnc1[C@@H]1CCCN(C(=O)CC2CCCCC2)C1. The molecule has 1 aliphatic heterocycles. The van der Waals surface area contributed by atoms with Gasteiger partial charge in [-0.3, -0.25) is 14.6 Å². The molecule has 5 nitrogen and oxygen atoms in total. The van der Waals surface area contributed by atoms with Crippen molar-refractivity contribution in [1.29, 1.82) is 0 Å². The minimum absolute atomic E-state index is 0.0706. The van der Waals surface area contributed by atoms with Crippen molar-refractivity contribution in [1.82, 2.24) is 15.2 Å². The minimum atomic E-state index is -0.0706. The third-order valence-electron chi connectivity index (χ3n) is 5.85. The predicted molar refractivity (Wildman–Crippen MR) is 107 cm³/mol. The molecule has 1 aliphatic carbocycles. The van der Waals surface area contributed by atoms with Crippen molar-refractivity contribution < 1.29 is 9.59 Å². The number of nitrogens with one attached hydrogen (secondary N) is 1. The van der Waals surface area contributed by atoms with Crippen molar-refractivity contribution >= 4 is 11.8 Å². The molecule has 2 heterocycles. The van der Waals surface area contributed by atoms with Crippen LogP contribution in [0.4, 0.5) is 0 Å². The summed E-state index contributed by atoms with van der Waals surface area (Å²) >= 11 is 0. The van der Waals surface area contributed by atoms with Crippen molar-refractivity contribution in [2.75, 3.05) is 13.1 Å². The summed E-state index contributed by atoms with van der Waals surface area (Å²) in [5, 5.41) is 2.97. The van der Waals surface area contributed by atoms with Gasteiger partial charge in [0.1, 0.15) is 0 Å². The number of likely N-dealkylation sites (tertiary alicyclic amines) is 1. The average molecular weight is 372 g/mol. The van der Waals surface area contributed by atoms with Gasteiger partial charge in [-0.05, 0) is 57.6 Å². The molecule has 0 aromatic carbocycles. The molecule has 1 saturated carbocycles. The van der Waals surface area contributed by atoms with Gasteiger partial charge in [-0.1, -0.05) is 19.3 Å². The van der Waals surface area contributed by atoms with E-state index in [1.807, 2.05) is 30.9 Å². The van der Waals surface area contributed by atoms with Crippen molar-refractivity contribution in [3.05, 3.63) is 29.6 Å².